The first-order chi connectivity index (χ1) is 9.99. The molecule has 2 N–H and O–H groups in total. The molecule has 1 fully saturated rings. The molecular weight excluding hydrogens is 268 g/mol. The molecule has 0 radical (unpaired) electrons. The van der Waals surface area contributed by atoms with Crippen molar-refractivity contribution in [2.45, 2.75) is 32.8 Å². The maximum atomic E-state index is 12.4. The summed E-state index contributed by atoms with van der Waals surface area (Å²) in [4.78, 5) is 25.3. The molecule has 1 atom stereocenters. The average molecular weight is 290 g/mol. The first-order valence-corrected chi connectivity index (χ1v) is 7.29. The predicted molar refractivity (Wildman–Crippen MR) is 79.8 cm³/mol. The Balaban J connectivity index is 1.92. The Kier molecular flexibility index (Phi) is 4.83. The molecule has 1 aromatic rings. The van der Waals surface area contributed by atoms with Gasteiger partial charge in [0.1, 0.15) is 5.75 Å². The van der Waals surface area contributed by atoms with Crippen molar-refractivity contribution in [1.29, 1.82) is 0 Å². The average Bonchev–Trinajstić information content (AvgIpc) is 2.49. The molecule has 2 rings (SSSR count). The third-order valence-electron chi connectivity index (χ3n) is 3.95. The molecule has 1 aliphatic heterocycles. The highest BCUT2D eigenvalue weighted by Gasteiger charge is 2.29. The lowest BCUT2D eigenvalue weighted by atomic mass is 9.96. The number of aryl methyl sites for hydroxylation is 1. The third-order valence-corrected chi connectivity index (χ3v) is 3.95. The van der Waals surface area contributed by atoms with E-state index in [-0.39, 0.29) is 17.7 Å². The van der Waals surface area contributed by atoms with Gasteiger partial charge >= 0.3 is 0 Å². The number of piperidine rings is 1. The van der Waals surface area contributed by atoms with Gasteiger partial charge < -0.3 is 15.4 Å². The maximum absolute atomic E-state index is 12.4. The predicted octanol–water partition coefficient (Wildman–Crippen LogP) is 1.49. The summed E-state index contributed by atoms with van der Waals surface area (Å²) in [7, 11) is 0. The number of nitrogens with zero attached hydrogens (tertiary/aromatic N) is 1. The molecule has 0 aromatic heterocycles. The van der Waals surface area contributed by atoms with Gasteiger partial charge in [-0.3, -0.25) is 9.59 Å². The van der Waals surface area contributed by atoms with Gasteiger partial charge in [0, 0.05) is 19.0 Å². The number of hydrogen-bond donors (Lipinski definition) is 1. The number of hydrogen-bond acceptors (Lipinski definition) is 3. The Bertz CT molecular complexity index is 522. The van der Waals surface area contributed by atoms with Crippen molar-refractivity contribution < 1.29 is 14.3 Å². The van der Waals surface area contributed by atoms with Crippen molar-refractivity contribution in [1.82, 2.24) is 4.90 Å². The molecule has 5 heteroatoms. The van der Waals surface area contributed by atoms with Gasteiger partial charge in [-0.2, -0.15) is 0 Å². The molecule has 1 saturated heterocycles. The van der Waals surface area contributed by atoms with Gasteiger partial charge in [-0.15, -0.1) is 0 Å². The van der Waals surface area contributed by atoms with Crippen LogP contribution in [0.1, 0.15) is 25.3 Å². The van der Waals surface area contributed by atoms with E-state index in [2.05, 4.69) is 0 Å². The second kappa shape index (κ2) is 6.61. The molecule has 2 amide bonds. The summed E-state index contributed by atoms with van der Waals surface area (Å²) < 4.78 is 5.75. The minimum Gasteiger partial charge on any atom is -0.481 e. The van der Waals surface area contributed by atoms with Crippen LogP contribution in [0.3, 0.4) is 0 Å². The molecule has 114 valence electrons. The van der Waals surface area contributed by atoms with E-state index in [1.54, 1.807) is 11.8 Å². The summed E-state index contributed by atoms with van der Waals surface area (Å²) >= 11 is 0. The van der Waals surface area contributed by atoms with E-state index in [1.807, 2.05) is 31.2 Å². The van der Waals surface area contributed by atoms with Crippen LogP contribution < -0.4 is 10.5 Å². The quantitative estimate of drug-likeness (QED) is 0.913. The Labute approximate surface area is 125 Å². The van der Waals surface area contributed by atoms with Crippen molar-refractivity contribution in [3.05, 3.63) is 29.8 Å². The van der Waals surface area contributed by atoms with Gasteiger partial charge in [-0.05, 0) is 38.3 Å². The molecule has 0 bridgehead atoms. The Morgan fingerprint density at radius 3 is 2.48 bits per heavy atom. The van der Waals surface area contributed by atoms with E-state index < -0.39 is 6.10 Å². The number of para-hydroxylation sites is 1. The molecular formula is C16H22N2O3. The Morgan fingerprint density at radius 2 is 1.90 bits per heavy atom. The van der Waals surface area contributed by atoms with Gasteiger partial charge in [-0.1, -0.05) is 18.2 Å². The van der Waals surface area contributed by atoms with Crippen molar-refractivity contribution in [3.8, 4) is 5.75 Å². The standard InChI is InChI=1S/C16H22N2O3/c1-11-5-3-4-6-14(11)21-12(2)16(20)18-9-7-13(8-10-18)15(17)19/h3-6,12-13H,7-10H2,1-2H3,(H2,17,19)/t12-/m0/s1. The highest BCUT2D eigenvalue weighted by molar-refractivity contribution is 5.82. The monoisotopic (exact) mass is 290 g/mol. The summed E-state index contributed by atoms with van der Waals surface area (Å²) in [5.74, 6) is 0.305. The van der Waals surface area contributed by atoms with Crippen LogP contribution in [-0.4, -0.2) is 35.9 Å². The van der Waals surface area contributed by atoms with Gasteiger partial charge in [-0.25, -0.2) is 0 Å². The Morgan fingerprint density at radius 1 is 1.29 bits per heavy atom. The minimum absolute atomic E-state index is 0.0406. The molecule has 0 spiro atoms. The highest BCUT2D eigenvalue weighted by atomic mass is 16.5. The fourth-order valence-electron chi connectivity index (χ4n) is 2.57. The van der Waals surface area contributed by atoms with E-state index in [0.29, 0.717) is 25.9 Å². The summed E-state index contributed by atoms with van der Waals surface area (Å²) in [6.07, 6.45) is 0.743. The number of nitrogens with two attached hydrogens (primary N) is 1. The first-order valence-electron chi connectivity index (χ1n) is 7.29. The first kappa shape index (κ1) is 15.4. The number of rotatable bonds is 4. The molecule has 0 saturated carbocycles. The highest BCUT2D eigenvalue weighted by Crippen LogP contribution is 2.21. The number of carbonyl (C=O) groups is 2. The SMILES string of the molecule is Cc1ccccc1O[C@@H](C)C(=O)N1CCC(C(N)=O)CC1. The van der Waals surface area contributed by atoms with Crippen LogP contribution in [0.4, 0.5) is 0 Å². The van der Waals surface area contributed by atoms with Crippen LogP contribution in [0.2, 0.25) is 0 Å². The second-order valence-corrected chi connectivity index (χ2v) is 5.53. The lowest BCUT2D eigenvalue weighted by Gasteiger charge is -2.32. The summed E-state index contributed by atoms with van der Waals surface area (Å²) in [5.41, 5.74) is 6.30. The maximum Gasteiger partial charge on any atom is 0.263 e. The molecule has 1 aliphatic rings. The second-order valence-electron chi connectivity index (χ2n) is 5.53. The zero-order valence-electron chi connectivity index (χ0n) is 12.5. The molecule has 21 heavy (non-hydrogen) atoms. The number of ether oxygens (including phenoxy) is 1. The smallest absolute Gasteiger partial charge is 0.263 e. The largest absolute Gasteiger partial charge is 0.481 e. The summed E-state index contributed by atoms with van der Waals surface area (Å²) in [6, 6.07) is 7.63. The van der Waals surface area contributed by atoms with Gasteiger partial charge in [0.05, 0.1) is 0 Å². The fraction of sp³-hybridized carbons (Fsp3) is 0.500. The van der Waals surface area contributed by atoms with E-state index in [9.17, 15) is 9.59 Å². The van der Waals surface area contributed by atoms with Crippen molar-refractivity contribution in [2.24, 2.45) is 11.7 Å². The lowest BCUT2D eigenvalue weighted by molar-refractivity contribution is -0.140. The molecule has 1 heterocycles. The van der Waals surface area contributed by atoms with Crippen LogP contribution in [0.25, 0.3) is 0 Å². The van der Waals surface area contributed by atoms with Crippen molar-refractivity contribution >= 4 is 11.8 Å². The number of likely N-dealkylation sites (tertiary alicyclic amines) is 1. The summed E-state index contributed by atoms with van der Waals surface area (Å²) in [6.45, 7) is 4.83. The van der Waals surface area contributed by atoms with E-state index >= 15 is 0 Å². The Hall–Kier alpha value is -2.04. The fourth-order valence-corrected chi connectivity index (χ4v) is 2.57. The minimum atomic E-state index is -0.531. The van der Waals surface area contributed by atoms with Gasteiger partial charge in [0.15, 0.2) is 6.10 Å². The zero-order chi connectivity index (χ0) is 15.4. The lowest BCUT2D eigenvalue weighted by Crippen LogP contribution is -2.46. The van der Waals surface area contributed by atoms with Crippen LogP contribution in [0.5, 0.6) is 5.75 Å². The van der Waals surface area contributed by atoms with Gasteiger partial charge in [0.25, 0.3) is 5.91 Å². The van der Waals surface area contributed by atoms with Crippen molar-refractivity contribution in [3.63, 3.8) is 0 Å². The number of carbonyl (C=O) groups excluding carboxylic acids is 2. The van der Waals surface area contributed by atoms with Crippen LogP contribution in [-0.2, 0) is 9.59 Å². The number of amides is 2. The van der Waals surface area contributed by atoms with Gasteiger partial charge in [0.2, 0.25) is 5.91 Å². The van der Waals surface area contributed by atoms with Crippen molar-refractivity contribution in [2.75, 3.05) is 13.1 Å². The summed E-state index contributed by atoms with van der Waals surface area (Å²) in [5, 5.41) is 0. The molecule has 1 aromatic carbocycles. The normalized spacial score (nSPS) is 17.3. The van der Waals surface area contributed by atoms with Crippen LogP contribution in [0.15, 0.2) is 24.3 Å². The van der Waals surface area contributed by atoms with Crippen LogP contribution in [0, 0.1) is 12.8 Å². The van der Waals surface area contributed by atoms with E-state index in [0.717, 1.165) is 11.3 Å². The molecule has 0 aliphatic carbocycles. The number of primary amides is 1. The zero-order valence-corrected chi connectivity index (χ0v) is 12.5. The van der Waals surface area contributed by atoms with E-state index in [4.69, 9.17) is 10.5 Å². The van der Waals surface area contributed by atoms with E-state index in [1.165, 1.54) is 0 Å². The third kappa shape index (κ3) is 3.74. The topological polar surface area (TPSA) is 72.6 Å². The molecule has 0 unspecified atom stereocenters. The number of benzene rings is 1. The van der Waals surface area contributed by atoms with Crippen LogP contribution >= 0.6 is 0 Å². The molecule has 5 nitrogen and oxygen atoms in total.